The third kappa shape index (κ3) is 38.2. The first-order valence-electron chi connectivity index (χ1n) is 51.1. The summed E-state index contributed by atoms with van der Waals surface area (Å²) < 4.78 is 73.2. The van der Waals surface area contributed by atoms with Crippen molar-refractivity contribution in [1.82, 2.24) is 0 Å². The number of phenolic OH excluding ortho intramolecular Hbond substituents is 2. The standard InChI is InChI=1S/C21H22O.C19H28O2.C18H28O2.C18H15S.C17H20O4S.C12H16O2.2C10H14O/c1-3-16(2)17-11-13-20(14-12-17)22-15-19-9-6-8-18-7-4-5-10-21(18)19;1-4-13(2)16-7-9-18(10-8-16)20-14(3)21-19-12-15-5-6-17(19)11-15;1-4-14(2)16-9-8-12-18(13-16)20-15(3)19-17-10-6-5-7-11-17;1-4-10-16(11-5-1)19(17-12-6-2-7-13-17)18-14-8-3-9-15-18;1-3-13(2)15-6-8-16(9-7-15)21-12-14-4-10-17(11-5-14)22(18,19)20;1-4-9(2)11-6-5-7-12(8-11)14-10(3)13;1-3-8(2)9-4-6-10(11)7-5-9;1-3-8(2)9-5-4-6-10(11)7-9/h4-14,16H,3,15H2,1-2H3;7-10,13-15,17,19H,4-6,11-12H2,1-3H3;8-9,12-15,17H,4-7,10-11H2,1-3H3;1-15H;4-11,13H,3,12H2,1-2H3,(H,18,19,20);5-9H,4H2,1-3H3;2*4-8,11H,3H2,1-2H3/q;;;+1;;;;/p-1. The summed E-state index contributed by atoms with van der Waals surface area (Å²) in [4.78, 5) is 14.6. The molecule has 16 rings (SSSR count). The molecule has 13 aromatic rings. The Hall–Kier alpha value is -11.4. The van der Waals surface area contributed by atoms with Crippen molar-refractivity contribution < 1.29 is 61.1 Å². The number of hydrogen-bond acceptors (Lipinski definition) is 13. The highest BCUT2D eigenvalue weighted by Gasteiger charge is 2.41. The normalized spacial score (nSPS) is 16.0. The molecule has 2 N–H and O–H groups in total. The Bertz CT molecular complexity index is 5660. The molecule has 0 spiro atoms. The molecule has 13 nitrogen and oxygen atoms in total. The van der Waals surface area contributed by atoms with E-state index in [2.05, 4.69) is 315 Å². The minimum absolute atomic E-state index is 0.0146. The number of aromatic hydroxyl groups is 2. The molecule has 0 amide bonds. The highest BCUT2D eigenvalue weighted by molar-refractivity contribution is 7.97. The van der Waals surface area contributed by atoms with Gasteiger partial charge in [0.25, 0.3) is 0 Å². The number of ether oxygens (including phenoxy) is 7. The van der Waals surface area contributed by atoms with Gasteiger partial charge in [0.05, 0.1) is 28.0 Å². The van der Waals surface area contributed by atoms with Crippen molar-refractivity contribution in [2.75, 3.05) is 0 Å². The van der Waals surface area contributed by atoms with Crippen LogP contribution in [0.1, 0.15) is 312 Å². The van der Waals surface area contributed by atoms with Gasteiger partial charge in [0.1, 0.15) is 63.6 Å². The van der Waals surface area contributed by atoms with Crippen LogP contribution in [-0.4, -0.2) is 53.9 Å². The van der Waals surface area contributed by atoms with E-state index < -0.39 is 10.1 Å². The number of carbonyl (C=O) groups is 1. The van der Waals surface area contributed by atoms with E-state index in [1.807, 2.05) is 74.5 Å². The Morgan fingerprint density at radius 1 is 0.364 bits per heavy atom. The molecule has 0 aliphatic heterocycles. The first-order valence-corrected chi connectivity index (χ1v) is 53.8. The van der Waals surface area contributed by atoms with Gasteiger partial charge in [-0.25, -0.2) is 8.42 Å². The van der Waals surface area contributed by atoms with Crippen molar-refractivity contribution in [2.45, 2.75) is 319 Å². The summed E-state index contributed by atoms with van der Waals surface area (Å²) in [5, 5.41) is 20.7. The van der Waals surface area contributed by atoms with Crippen molar-refractivity contribution in [3.05, 3.63) is 378 Å². The summed E-state index contributed by atoms with van der Waals surface area (Å²) in [5.41, 5.74) is 11.1. The number of phenols is 2. The molecule has 0 saturated heterocycles. The van der Waals surface area contributed by atoms with E-state index in [0.29, 0.717) is 84.1 Å². The molecule has 15 heteroatoms. The average molecular weight is 1930 g/mol. The molecule has 12 unspecified atom stereocenters. The first kappa shape index (κ1) is 112. The minimum atomic E-state index is -4.39. The fourth-order valence-electron chi connectivity index (χ4n) is 17.0. The lowest BCUT2D eigenvalue weighted by molar-refractivity contribution is -0.131. The van der Waals surface area contributed by atoms with E-state index in [1.54, 1.807) is 36.4 Å². The summed E-state index contributed by atoms with van der Waals surface area (Å²) in [6.07, 6.45) is 20.1. The summed E-state index contributed by atoms with van der Waals surface area (Å²) in [5.74, 6) is 10.3. The van der Waals surface area contributed by atoms with Crippen LogP contribution in [0.15, 0.2) is 347 Å². The van der Waals surface area contributed by atoms with Crippen LogP contribution in [0.3, 0.4) is 0 Å². The van der Waals surface area contributed by atoms with Crippen molar-refractivity contribution in [2.24, 2.45) is 11.8 Å². The Balaban J connectivity index is 0.000000181. The summed E-state index contributed by atoms with van der Waals surface area (Å²) in [6, 6.07) is 109. The molecule has 3 fully saturated rings. The molecular formula is C125H156O13S2. The Kier molecular flexibility index (Phi) is 48.1. The maximum atomic E-state index is 10.8. The molecule has 0 radical (unpaired) electrons. The van der Waals surface area contributed by atoms with Crippen molar-refractivity contribution in [1.29, 1.82) is 0 Å². The lowest BCUT2D eigenvalue weighted by atomic mass is 9.98. The van der Waals surface area contributed by atoms with Crippen LogP contribution >= 0.6 is 0 Å². The van der Waals surface area contributed by atoms with Crippen LogP contribution in [0, 0.1) is 11.8 Å². The Morgan fingerprint density at radius 2 is 0.757 bits per heavy atom. The highest BCUT2D eigenvalue weighted by Crippen LogP contribution is 2.47. The van der Waals surface area contributed by atoms with E-state index in [9.17, 15) is 17.8 Å². The fraction of sp³-hybridized carbons (Fsp3) is 0.384. The molecule has 746 valence electrons. The topological polar surface area (TPSA) is 179 Å². The van der Waals surface area contributed by atoms with Crippen LogP contribution in [-0.2, 0) is 48.5 Å². The van der Waals surface area contributed by atoms with Gasteiger partial charge in [-0.15, -0.1) is 0 Å². The number of carbonyl (C=O) groups excluding carboxylic acids is 1. The molecule has 3 saturated carbocycles. The van der Waals surface area contributed by atoms with Gasteiger partial charge in [-0.2, -0.15) is 0 Å². The fourth-order valence-corrected chi connectivity index (χ4v) is 19.5. The average Bonchev–Trinajstić information content (AvgIpc) is 1.76. The van der Waals surface area contributed by atoms with Gasteiger partial charge < -0.3 is 47.9 Å². The molecule has 12 atom stereocenters. The van der Waals surface area contributed by atoms with Crippen LogP contribution in [0.25, 0.3) is 10.8 Å². The third-order valence-electron chi connectivity index (χ3n) is 27.1. The van der Waals surface area contributed by atoms with E-state index in [-0.39, 0.29) is 34.3 Å². The van der Waals surface area contributed by atoms with Gasteiger partial charge in [0.15, 0.2) is 27.3 Å². The molecule has 140 heavy (non-hydrogen) atoms. The number of benzene rings is 13. The van der Waals surface area contributed by atoms with Crippen molar-refractivity contribution >= 4 is 37.8 Å². The molecule has 2 bridgehead atoms. The number of esters is 1. The molecule has 3 aliphatic rings. The van der Waals surface area contributed by atoms with Crippen molar-refractivity contribution in [3.8, 4) is 40.2 Å². The largest absolute Gasteiger partial charge is 0.744 e. The molecule has 13 aromatic carbocycles. The molecular weight excluding hydrogens is 1770 g/mol. The summed E-state index contributed by atoms with van der Waals surface area (Å²) in [7, 11) is -4.41. The quantitative estimate of drug-likeness (QED) is 0.0131. The van der Waals surface area contributed by atoms with Gasteiger partial charge in [-0.1, -0.05) is 310 Å². The second-order valence-corrected chi connectivity index (χ2v) is 40.9. The molecule has 0 heterocycles. The second kappa shape index (κ2) is 60.0. The number of fused-ring (bicyclic) bond motifs is 3. The number of hydrogen-bond donors (Lipinski definition) is 2. The van der Waals surface area contributed by atoms with Gasteiger partial charge in [-0.3, -0.25) is 4.79 Å². The zero-order chi connectivity index (χ0) is 101. The van der Waals surface area contributed by atoms with E-state index >= 15 is 0 Å². The van der Waals surface area contributed by atoms with Crippen LogP contribution in [0.2, 0.25) is 0 Å². The second-order valence-electron chi connectivity index (χ2n) is 37.5. The van der Waals surface area contributed by atoms with E-state index in [0.717, 1.165) is 78.9 Å². The van der Waals surface area contributed by atoms with E-state index in [1.165, 1.54) is 153 Å². The van der Waals surface area contributed by atoms with E-state index in [4.69, 9.17) is 43.4 Å². The monoisotopic (exact) mass is 1930 g/mol. The van der Waals surface area contributed by atoms with Gasteiger partial charge >= 0.3 is 5.97 Å². The molecule has 0 aromatic heterocycles. The molecule has 3 aliphatic carbocycles. The highest BCUT2D eigenvalue weighted by atomic mass is 32.2. The number of rotatable bonds is 33. The minimum Gasteiger partial charge on any atom is -0.744 e. The summed E-state index contributed by atoms with van der Waals surface area (Å²) >= 11 is 0. The lowest BCUT2D eigenvalue weighted by Crippen LogP contribution is -2.28. The third-order valence-corrected chi connectivity index (χ3v) is 30.1. The zero-order valence-corrected chi connectivity index (χ0v) is 87.7. The first-order chi connectivity index (χ1) is 67.6. The maximum absolute atomic E-state index is 10.8. The van der Waals surface area contributed by atoms with Gasteiger partial charge in [-0.05, 0) is 345 Å². The zero-order valence-electron chi connectivity index (χ0n) is 86.1. The van der Waals surface area contributed by atoms with Crippen LogP contribution < -0.4 is 23.7 Å². The lowest BCUT2D eigenvalue weighted by Gasteiger charge is -2.26. The SMILES string of the molecule is CCC(C)c1ccc(O)cc1.CCC(C)c1ccc(OC(C)OC2CC3CCC2C3)cc1.CCC(C)c1ccc(OCc2ccc(S(=O)(=O)[O-])cc2)cc1.CCC(C)c1ccc(OCc2cccc3ccccc23)cc1.CCC(C)c1cccc(O)c1.CCC(C)c1cccc(OC(C)=O)c1.CCC(C)c1cccc(OC(C)OC2CCCCC2)c1.c1ccc([S+](c2ccccc2)c2ccccc2)cc1. The van der Waals surface area contributed by atoms with Gasteiger partial charge in [0, 0.05) is 6.92 Å². The Morgan fingerprint density at radius 3 is 1.20 bits per heavy atom. The van der Waals surface area contributed by atoms with Crippen LogP contribution in [0.5, 0.6) is 40.2 Å². The predicted molar refractivity (Wildman–Crippen MR) is 578 cm³/mol. The smallest absolute Gasteiger partial charge is 0.308 e. The maximum Gasteiger partial charge on any atom is 0.308 e. The predicted octanol–water partition coefficient (Wildman–Crippen LogP) is 33.7. The van der Waals surface area contributed by atoms with Gasteiger partial charge in [0.2, 0.25) is 0 Å². The van der Waals surface area contributed by atoms with Crippen molar-refractivity contribution in [3.63, 3.8) is 0 Å². The Labute approximate surface area is 842 Å². The van der Waals surface area contributed by atoms with Crippen LogP contribution in [0.4, 0.5) is 0 Å². The summed E-state index contributed by atoms with van der Waals surface area (Å²) in [6.45, 7) is 37.1.